The van der Waals surface area contributed by atoms with Crippen LogP contribution in [0, 0.1) is 12.3 Å². The minimum absolute atomic E-state index is 0.0809. The quantitative estimate of drug-likeness (QED) is 0.636. The molecule has 0 spiro atoms. The van der Waals surface area contributed by atoms with E-state index in [0.29, 0.717) is 16.8 Å². The molecule has 0 radical (unpaired) electrons. The van der Waals surface area contributed by atoms with E-state index < -0.39 is 0 Å². The SMILES string of the molecule is C#Cc1cccc(NC(=O)CN(C)C(=O)c2ccccc2N(C)c2ccccc2)c1. The van der Waals surface area contributed by atoms with Crippen molar-refractivity contribution >= 4 is 28.9 Å². The fraction of sp³-hybridized carbons (Fsp3) is 0.120. The average Bonchev–Trinajstić information content (AvgIpc) is 2.78. The van der Waals surface area contributed by atoms with Crippen LogP contribution in [0.2, 0.25) is 0 Å². The summed E-state index contributed by atoms with van der Waals surface area (Å²) in [5.74, 6) is 2.00. The van der Waals surface area contributed by atoms with Gasteiger partial charge in [-0.15, -0.1) is 6.42 Å². The number of benzene rings is 3. The van der Waals surface area contributed by atoms with Crippen molar-refractivity contribution in [2.45, 2.75) is 0 Å². The van der Waals surface area contributed by atoms with E-state index in [2.05, 4.69) is 11.2 Å². The molecule has 2 amide bonds. The van der Waals surface area contributed by atoms with E-state index in [1.165, 1.54) is 4.90 Å². The van der Waals surface area contributed by atoms with Crippen molar-refractivity contribution in [2.24, 2.45) is 0 Å². The first-order valence-electron chi connectivity index (χ1n) is 9.49. The molecule has 0 bridgehead atoms. The Balaban J connectivity index is 1.73. The van der Waals surface area contributed by atoms with Gasteiger partial charge in [0.15, 0.2) is 0 Å². The molecule has 0 aliphatic rings. The van der Waals surface area contributed by atoms with Crippen LogP contribution in [0.3, 0.4) is 0 Å². The summed E-state index contributed by atoms with van der Waals surface area (Å²) in [6.45, 7) is -0.0809. The van der Waals surface area contributed by atoms with Gasteiger partial charge in [-0.3, -0.25) is 9.59 Å². The fourth-order valence-corrected chi connectivity index (χ4v) is 3.12. The first kappa shape index (κ1) is 20.7. The zero-order chi connectivity index (χ0) is 21.5. The number of anilines is 3. The van der Waals surface area contributed by atoms with Crippen molar-refractivity contribution in [3.05, 3.63) is 90.0 Å². The molecule has 0 aromatic heterocycles. The van der Waals surface area contributed by atoms with Gasteiger partial charge in [0.05, 0.1) is 17.8 Å². The molecule has 0 saturated heterocycles. The number of hydrogen-bond acceptors (Lipinski definition) is 3. The molecule has 0 heterocycles. The number of rotatable bonds is 6. The summed E-state index contributed by atoms with van der Waals surface area (Å²) >= 11 is 0. The van der Waals surface area contributed by atoms with E-state index in [4.69, 9.17) is 6.42 Å². The Morgan fingerprint density at radius 1 is 0.933 bits per heavy atom. The van der Waals surface area contributed by atoms with Crippen LogP contribution in [0.25, 0.3) is 0 Å². The predicted molar refractivity (Wildman–Crippen MR) is 121 cm³/mol. The standard InChI is InChI=1S/C25H23N3O2/c1-4-19-11-10-12-20(17-19)26-24(29)18-27(2)25(30)22-15-8-9-16-23(22)28(3)21-13-6-5-7-14-21/h1,5-17H,18H2,2-3H3,(H,26,29). The lowest BCUT2D eigenvalue weighted by molar-refractivity contribution is -0.116. The second kappa shape index (κ2) is 9.44. The summed E-state index contributed by atoms with van der Waals surface area (Å²) in [6.07, 6.45) is 5.40. The molecule has 0 saturated carbocycles. The molecule has 3 aromatic rings. The van der Waals surface area contributed by atoms with Crippen LogP contribution in [0.15, 0.2) is 78.9 Å². The Hall–Kier alpha value is -4.04. The van der Waals surface area contributed by atoms with Crippen LogP contribution < -0.4 is 10.2 Å². The minimum Gasteiger partial charge on any atom is -0.344 e. The number of hydrogen-bond donors (Lipinski definition) is 1. The van der Waals surface area contributed by atoms with Gasteiger partial charge >= 0.3 is 0 Å². The summed E-state index contributed by atoms with van der Waals surface area (Å²) < 4.78 is 0. The van der Waals surface area contributed by atoms with Crippen molar-refractivity contribution in [3.63, 3.8) is 0 Å². The van der Waals surface area contributed by atoms with Crippen LogP contribution in [-0.2, 0) is 4.79 Å². The maximum Gasteiger partial charge on any atom is 0.256 e. The molecular weight excluding hydrogens is 374 g/mol. The third-order valence-corrected chi connectivity index (χ3v) is 4.68. The summed E-state index contributed by atoms with van der Waals surface area (Å²) in [5, 5.41) is 2.78. The van der Waals surface area contributed by atoms with Crippen LogP contribution in [-0.4, -0.2) is 37.4 Å². The van der Waals surface area contributed by atoms with Gasteiger partial charge in [-0.1, -0.05) is 42.3 Å². The van der Waals surface area contributed by atoms with Gasteiger partial charge in [0, 0.05) is 31.0 Å². The van der Waals surface area contributed by atoms with Gasteiger partial charge in [-0.25, -0.2) is 0 Å². The first-order chi connectivity index (χ1) is 14.5. The molecular formula is C25H23N3O2. The number of carbonyl (C=O) groups excluding carboxylic acids is 2. The molecule has 30 heavy (non-hydrogen) atoms. The van der Waals surface area contributed by atoms with Crippen LogP contribution in [0.1, 0.15) is 15.9 Å². The molecule has 0 unspecified atom stereocenters. The average molecular weight is 397 g/mol. The van der Waals surface area contributed by atoms with Crippen molar-refractivity contribution < 1.29 is 9.59 Å². The van der Waals surface area contributed by atoms with Gasteiger partial charge in [0.2, 0.25) is 5.91 Å². The smallest absolute Gasteiger partial charge is 0.256 e. The molecule has 0 atom stereocenters. The summed E-state index contributed by atoms with van der Waals surface area (Å²) in [5.41, 5.74) is 3.53. The van der Waals surface area contributed by atoms with E-state index in [9.17, 15) is 9.59 Å². The number of para-hydroxylation sites is 2. The number of likely N-dealkylation sites (N-methyl/N-ethyl adjacent to an activating group) is 1. The van der Waals surface area contributed by atoms with Gasteiger partial charge in [-0.2, -0.15) is 0 Å². The lowest BCUT2D eigenvalue weighted by atomic mass is 10.1. The van der Waals surface area contributed by atoms with Crippen molar-refractivity contribution in [2.75, 3.05) is 30.9 Å². The van der Waals surface area contributed by atoms with Crippen molar-refractivity contribution in [3.8, 4) is 12.3 Å². The lowest BCUT2D eigenvalue weighted by Gasteiger charge is -2.24. The number of terminal acetylenes is 1. The Morgan fingerprint density at radius 2 is 1.63 bits per heavy atom. The van der Waals surface area contributed by atoms with Crippen LogP contribution in [0.4, 0.5) is 17.1 Å². The predicted octanol–water partition coefficient (Wildman–Crippen LogP) is 4.15. The van der Waals surface area contributed by atoms with E-state index in [1.807, 2.05) is 60.5 Å². The van der Waals surface area contributed by atoms with E-state index in [1.54, 1.807) is 37.4 Å². The summed E-state index contributed by atoms with van der Waals surface area (Å²) in [4.78, 5) is 28.9. The van der Waals surface area contributed by atoms with E-state index >= 15 is 0 Å². The van der Waals surface area contributed by atoms with Crippen LogP contribution >= 0.6 is 0 Å². The maximum atomic E-state index is 13.1. The third kappa shape index (κ3) is 4.86. The number of carbonyl (C=O) groups is 2. The zero-order valence-electron chi connectivity index (χ0n) is 17.0. The van der Waals surface area contributed by atoms with Crippen molar-refractivity contribution in [1.29, 1.82) is 0 Å². The molecule has 0 aliphatic heterocycles. The first-order valence-corrected chi connectivity index (χ1v) is 9.49. The highest BCUT2D eigenvalue weighted by molar-refractivity contribution is 6.03. The monoisotopic (exact) mass is 397 g/mol. The molecule has 150 valence electrons. The van der Waals surface area contributed by atoms with Crippen LogP contribution in [0.5, 0.6) is 0 Å². The van der Waals surface area contributed by atoms with E-state index in [0.717, 1.165) is 11.4 Å². The lowest BCUT2D eigenvalue weighted by Crippen LogP contribution is -2.35. The Labute approximate surface area is 176 Å². The molecule has 3 aromatic carbocycles. The Morgan fingerprint density at radius 3 is 2.37 bits per heavy atom. The Bertz CT molecular complexity index is 1090. The second-order valence-corrected chi connectivity index (χ2v) is 6.85. The van der Waals surface area contributed by atoms with Gasteiger partial charge in [0.25, 0.3) is 5.91 Å². The molecule has 3 rings (SSSR count). The fourth-order valence-electron chi connectivity index (χ4n) is 3.12. The zero-order valence-corrected chi connectivity index (χ0v) is 17.0. The molecule has 0 aliphatic carbocycles. The largest absolute Gasteiger partial charge is 0.344 e. The third-order valence-electron chi connectivity index (χ3n) is 4.68. The molecule has 1 N–H and O–H groups in total. The Kier molecular flexibility index (Phi) is 6.51. The highest BCUT2D eigenvalue weighted by Gasteiger charge is 2.20. The highest BCUT2D eigenvalue weighted by atomic mass is 16.2. The maximum absolute atomic E-state index is 13.1. The van der Waals surface area contributed by atoms with Crippen molar-refractivity contribution in [1.82, 2.24) is 4.90 Å². The summed E-state index contributed by atoms with van der Waals surface area (Å²) in [6, 6.07) is 24.2. The van der Waals surface area contributed by atoms with Gasteiger partial charge < -0.3 is 15.1 Å². The normalized spacial score (nSPS) is 10.0. The molecule has 0 fully saturated rings. The number of nitrogens with one attached hydrogen (secondary N) is 1. The highest BCUT2D eigenvalue weighted by Crippen LogP contribution is 2.27. The number of amides is 2. The second-order valence-electron chi connectivity index (χ2n) is 6.85. The topological polar surface area (TPSA) is 52.7 Å². The molecule has 5 nitrogen and oxygen atoms in total. The summed E-state index contributed by atoms with van der Waals surface area (Å²) in [7, 11) is 3.52. The molecule has 5 heteroatoms. The van der Waals surface area contributed by atoms with Gasteiger partial charge in [-0.05, 0) is 42.5 Å². The minimum atomic E-state index is -0.297. The van der Waals surface area contributed by atoms with E-state index in [-0.39, 0.29) is 18.4 Å². The number of nitrogens with zero attached hydrogens (tertiary/aromatic N) is 2. The van der Waals surface area contributed by atoms with Gasteiger partial charge in [0.1, 0.15) is 0 Å².